The Morgan fingerprint density at radius 2 is 1.97 bits per heavy atom. The number of carbonyl (C=O) groups is 1. The van der Waals surface area contributed by atoms with Crippen LogP contribution in [0.15, 0.2) is 54.9 Å². The number of amides is 1. The van der Waals surface area contributed by atoms with E-state index in [1.165, 1.54) is 11.4 Å². The lowest BCUT2D eigenvalue weighted by molar-refractivity contribution is -0.139. The molecule has 1 aliphatic heterocycles. The summed E-state index contributed by atoms with van der Waals surface area (Å²) in [5, 5.41) is 0. The number of methoxy groups -OCH3 is 1. The van der Waals surface area contributed by atoms with Crippen molar-refractivity contribution in [1.29, 1.82) is 0 Å². The molecule has 1 atom stereocenters. The first-order chi connectivity index (χ1) is 14.0. The molecule has 1 fully saturated rings. The molecule has 0 radical (unpaired) electrons. The number of nitrogens with zero attached hydrogens (tertiary/aromatic N) is 3. The highest BCUT2D eigenvalue weighted by molar-refractivity contribution is 7.88. The van der Waals surface area contributed by atoms with Crippen molar-refractivity contribution in [2.24, 2.45) is 0 Å². The number of piperidine rings is 1. The Balaban J connectivity index is 1.75. The number of benzene rings is 1. The number of sulfonamides is 1. The molecule has 1 saturated heterocycles. The highest BCUT2D eigenvalue weighted by atomic mass is 32.2. The van der Waals surface area contributed by atoms with Gasteiger partial charge in [0, 0.05) is 45.2 Å². The van der Waals surface area contributed by atoms with Gasteiger partial charge >= 0.3 is 0 Å². The summed E-state index contributed by atoms with van der Waals surface area (Å²) in [4.78, 5) is 18.5. The quantitative estimate of drug-likeness (QED) is 0.657. The number of hydrogen-bond donors (Lipinski definition) is 0. The number of ether oxygens (including phenoxy) is 1. The van der Waals surface area contributed by atoms with Crippen molar-refractivity contribution in [1.82, 2.24) is 14.2 Å². The Kier molecular flexibility index (Phi) is 7.35. The average Bonchev–Trinajstić information content (AvgIpc) is 2.73. The first-order valence-corrected chi connectivity index (χ1v) is 11.3. The molecule has 1 unspecified atom stereocenters. The second-order valence-electron chi connectivity index (χ2n) is 7.21. The maximum absolute atomic E-state index is 13.0. The number of rotatable bonds is 8. The summed E-state index contributed by atoms with van der Waals surface area (Å²) in [5.41, 5.74) is 1.67. The maximum atomic E-state index is 13.0. The second-order valence-corrected chi connectivity index (χ2v) is 9.18. The normalized spacial score (nSPS) is 17.8. The molecule has 2 heterocycles. The fourth-order valence-corrected chi connectivity index (χ4v) is 5.22. The van der Waals surface area contributed by atoms with Gasteiger partial charge < -0.3 is 9.64 Å². The topological polar surface area (TPSA) is 79.8 Å². The van der Waals surface area contributed by atoms with Gasteiger partial charge in [-0.3, -0.25) is 9.78 Å². The second kappa shape index (κ2) is 9.96. The molecule has 8 heteroatoms. The van der Waals surface area contributed by atoms with Gasteiger partial charge in [0.15, 0.2) is 0 Å². The molecule has 0 N–H and O–H groups in total. The lowest BCUT2D eigenvalue weighted by atomic mass is 10.0. The zero-order valence-corrected chi connectivity index (χ0v) is 17.4. The zero-order chi connectivity index (χ0) is 20.7. The van der Waals surface area contributed by atoms with E-state index in [-0.39, 0.29) is 24.3 Å². The Hall–Kier alpha value is -2.29. The predicted molar refractivity (Wildman–Crippen MR) is 110 cm³/mol. The van der Waals surface area contributed by atoms with E-state index in [1.54, 1.807) is 17.3 Å². The van der Waals surface area contributed by atoms with Crippen LogP contribution < -0.4 is 0 Å². The molecule has 0 spiro atoms. The van der Waals surface area contributed by atoms with Crippen LogP contribution in [0, 0.1) is 0 Å². The van der Waals surface area contributed by atoms with E-state index in [4.69, 9.17) is 4.74 Å². The van der Waals surface area contributed by atoms with Crippen LogP contribution in [0.5, 0.6) is 0 Å². The first-order valence-electron chi connectivity index (χ1n) is 9.68. The van der Waals surface area contributed by atoms with Crippen LogP contribution in [0.25, 0.3) is 0 Å². The number of pyridine rings is 1. The molecule has 1 aliphatic rings. The molecule has 156 valence electrons. The lowest BCUT2D eigenvalue weighted by Crippen LogP contribution is -2.52. The van der Waals surface area contributed by atoms with Crippen LogP contribution in [-0.4, -0.2) is 61.4 Å². The van der Waals surface area contributed by atoms with Gasteiger partial charge in [-0.2, -0.15) is 4.31 Å². The summed E-state index contributed by atoms with van der Waals surface area (Å²) in [5.74, 6) is -0.182. The Morgan fingerprint density at radius 3 is 2.66 bits per heavy atom. The van der Waals surface area contributed by atoms with Gasteiger partial charge in [0.1, 0.15) is 6.61 Å². The number of hydrogen-bond acceptors (Lipinski definition) is 5. The van der Waals surface area contributed by atoms with Crippen LogP contribution in [0.4, 0.5) is 0 Å². The van der Waals surface area contributed by atoms with Crippen molar-refractivity contribution in [3.05, 3.63) is 66.0 Å². The summed E-state index contributed by atoms with van der Waals surface area (Å²) in [6.07, 6.45) is 4.87. The highest BCUT2D eigenvalue weighted by Gasteiger charge is 2.33. The smallest absolute Gasteiger partial charge is 0.249 e. The molecule has 1 aromatic carbocycles. The molecular formula is C21H27N3O4S. The Bertz CT molecular complexity index is 891. The highest BCUT2D eigenvalue weighted by Crippen LogP contribution is 2.22. The van der Waals surface area contributed by atoms with Crippen molar-refractivity contribution in [2.45, 2.75) is 31.2 Å². The fourth-order valence-electron chi connectivity index (χ4n) is 3.62. The van der Waals surface area contributed by atoms with E-state index < -0.39 is 10.0 Å². The minimum Gasteiger partial charge on any atom is -0.375 e. The van der Waals surface area contributed by atoms with E-state index in [0.717, 1.165) is 17.5 Å². The summed E-state index contributed by atoms with van der Waals surface area (Å²) >= 11 is 0. The van der Waals surface area contributed by atoms with Crippen LogP contribution in [0.2, 0.25) is 0 Å². The van der Waals surface area contributed by atoms with Gasteiger partial charge in [-0.1, -0.05) is 36.4 Å². The molecule has 1 amide bonds. The van der Waals surface area contributed by atoms with Gasteiger partial charge in [-0.25, -0.2) is 8.42 Å². The first kappa shape index (κ1) is 21.4. The molecule has 0 saturated carbocycles. The standard InChI is InChI=1S/C21H27N3O4S/c1-28-16-21(25)24(14-19-9-5-11-22-13-19)20-10-6-12-23(15-20)29(26,27)17-18-7-3-2-4-8-18/h2-5,7-9,11,13,20H,6,10,12,14-17H2,1H3. The monoisotopic (exact) mass is 417 g/mol. The third-order valence-corrected chi connectivity index (χ3v) is 6.87. The lowest BCUT2D eigenvalue weighted by Gasteiger charge is -2.39. The molecule has 29 heavy (non-hydrogen) atoms. The van der Waals surface area contributed by atoms with E-state index in [9.17, 15) is 13.2 Å². The summed E-state index contributed by atoms with van der Waals surface area (Å²) in [6.45, 7) is 1.12. The van der Waals surface area contributed by atoms with Gasteiger partial charge in [0.25, 0.3) is 0 Å². The molecule has 1 aromatic heterocycles. The SMILES string of the molecule is COCC(=O)N(Cc1cccnc1)C1CCCN(S(=O)(=O)Cc2ccccc2)C1. The van der Waals surface area contributed by atoms with E-state index >= 15 is 0 Å². The third kappa shape index (κ3) is 5.85. The van der Waals surface area contributed by atoms with Crippen LogP contribution >= 0.6 is 0 Å². The van der Waals surface area contributed by atoms with E-state index in [1.807, 2.05) is 42.5 Å². The summed E-state index contributed by atoms with van der Waals surface area (Å²) in [7, 11) is -1.98. The Morgan fingerprint density at radius 1 is 1.21 bits per heavy atom. The molecular weight excluding hydrogens is 390 g/mol. The van der Waals surface area contributed by atoms with Crippen molar-refractivity contribution >= 4 is 15.9 Å². The minimum absolute atomic E-state index is 0.0326. The van der Waals surface area contributed by atoms with Crippen LogP contribution in [0.3, 0.4) is 0 Å². The molecule has 3 rings (SSSR count). The minimum atomic E-state index is -3.46. The van der Waals surface area contributed by atoms with Crippen molar-refractivity contribution in [2.75, 3.05) is 26.8 Å². The fraction of sp³-hybridized carbons (Fsp3) is 0.429. The van der Waals surface area contributed by atoms with Crippen molar-refractivity contribution in [3.63, 3.8) is 0 Å². The molecule has 7 nitrogen and oxygen atoms in total. The van der Waals surface area contributed by atoms with Gasteiger partial charge in [-0.05, 0) is 30.0 Å². The number of carbonyl (C=O) groups excluding carboxylic acids is 1. The maximum Gasteiger partial charge on any atom is 0.249 e. The summed E-state index contributed by atoms with van der Waals surface area (Å²) < 4.78 is 32.5. The zero-order valence-electron chi connectivity index (χ0n) is 16.6. The third-order valence-electron chi connectivity index (χ3n) is 5.05. The van der Waals surface area contributed by atoms with Crippen LogP contribution in [0.1, 0.15) is 24.0 Å². The van der Waals surface area contributed by atoms with Crippen molar-refractivity contribution in [3.8, 4) is 0 Å². The van der Waals surface area contributed by atoms with Crippen LogP contribution in [-0.2, 0) is 31.9 Å². The number of aromatic nitrogens is 1. The Labute approximate surface area is 172 Å². The van der Waals surface area contributed by atoms with E-state index in [0.29, 0.717) is 26.1 Å². The van der Waals surface area contributed by atoms with E-state index in [2.05, 4.69) is 4.98 Å². The average molecular weight is 418 g/mol. The summed E-state index contributed by atoms with van der Waals surface area (Å²) in [6, 6.07) is 12.7. The van der Waals surface area contributed by atoms with Gasteiger partial charge in [0.05, 0.1) is 5.75 Å². The largest absolute Gasteiger partial charge is 0.375 e. The molecule has 2 aromatic rings. The molecule has 0 aliphatic carbocycles. The molecule has 0 bridgehead atoms. The van der Waals surface area contributed by atoms with Crippen molar-refractivity contribution < 1.29 is 17.9 Å². The predicted octanol–water partition coefficient (Wildman–Crippen LogP) is 2.05. The van der Waals surface area contributed by atoms with Gasteiger partial charge in [0.2, 0.25) is 15.9 Å². The van der Waals surface area contributed by atoms with Gasteiger partial charge in [-0.15, -0.1) is 0 Å².